The maximum atomic E-state index is 12.6. The van der Waals surface area contributed by atoms with E-state index in [9.17, 15) is 8.42 Å². The van der Waals surface area contributed by atoms with Gasteiger partial charge in [-0.1, -0.05) is 6.07 Å². The molecule has 1 N–H and O–H groups in total. The lowest BCUT2D eigenvalue weighted by atomic mass is 10.1. The van der Waals surface area contributed by atoms with E-state index in [0.29, 0.717) is 0 Å². The van der Waals surface area contributed by atoms with E-state index in [4.69, 9.17) is 4.63 Å². The molecule has 2 aromatic carbocycles. The lowest BCUT2D eigenvalue weighted by Gasteiger charge is -2.36. The normalized spacial score (nSPS) is 15.2. The fourth-order valence-electron chi connectivity index (χ4n) is 3.73. The smallest absolute Gasteiger partial charge is 0.263 e. The molecule has 1 aliphatic rings. The van der Waals surface area contributed by atoms with E-state index in [1.807, 2.05) is 30.3 Å². The van der Waals surface area contributed by atoms with Gasteiger partial charge in [0.2, 0.25) is 0 Å². The van der Waals surface area contributed by atoms with Crippen molar-refractivity contribution in [2.75, 3.05) is 35.8 Å². The van der Waals surface area contributed by atoms with Crippen molar-refractivity contribution in [3.63, 3.8) is 0 Å². The van der Waals surface area contributed by atoms with E-state index < -0.39 is 10.0 Å². The molecule has 2 aromatic heterocycles. The van der Waals surface area contributed by atoms with Gasteiger partial charge in [0, 0.05) is 44.6 Å². The minimum Gasteiger partial charge on any atom is -0.369 e. The predicted octanol–water partition coefficient (Wildman–Crippen LogP) is 2.14. The first-order valence-electron chi connectivity index (χ1n) is 10.1. The van der Waals surface area contributed by atoms with Gasteiger partial charge >= 0.3 is 0 Å². The predicted molar refractivity (Wildman–Crippen MR) is 119 cm³/mol. The van der Waals surface area contributed by atoms with Crippen LogP contribution in [0.1, 0.15) is 5.56 Å². The lowest BCUT2D eigenvalue weighted by Crippen LogP contribution is -2.45. The van der Waals surface area contributed by atoms with E-state index in [0.717, 1.165) is 49.4 Å². The molecule has 3 heterocycles. The van der Waals surface area contributed by atoms with E-state index in [2.05, 4.69) is 34.8 Å². The van der Waals surface area contributed by atoms with Gasteiger partial charge < -0.3 is 4.90 Å². The van der Waals surface area contributed by atoms with Crippen LogP contribution in [0.3, 0.4) is 0 Å². The third-order valence-electron chi connectivity index (χ3n) is 5.43. The number of hydrogen-bond donors (Lipinski definition) is 1. The first kappa shape index (κ1) is 20.3. The second-order valence-corrected chi connectivity index (χ2v) is 9.23. The summed E-state index contributed by atoms with van der Waals surface area (Å²) in [7, 11) is -3.70. The summed E-state index contributed by atoms with van der Waals surface area (Å²) in [6.07, 6.45) is 2.78. The zero-order valence-corrected chi connectivity index (χ0v) is 17.9. The molecule has 1 fully saturated rings. The Hall–Kier alpha value is -3.57. The molecule has 0 saturated carbocycles. The molecule has 0 aliphatic carbocycles. The van der Waals surface area contributed by atoms with Crippen molar-refractivity contribution in [1.29, 1.82) is 0 Å². The molecule has 0 spiro atoms. The molecule has 0 bridgehead atoms. The zero-order chi connectivity index (χ0) is 22.0. The average molecular weight is 452 g/mol. The van der Waals surface area contributed by atoms with Gasteiger partial charge in [0.1, 0.15) is 23.2 Å². The van der Waals surface area contributed by atoms with E-state index in [1.165, 1.54) is 24.2 Å². The highest BCUT2D eigenvalue weighted by molar-refractivity contribution is 7.92. The second kappa shape index (κ2) is 8.52. The van der Waals surface area contributed by atoms with Crippen LogP contribution < -0.4 is 9.62 Å². The van der Waals surface area contributed by atoms with Crippen molar-refractivity contribution in [2.24, 2.45) is 0 Å². The van der Waals surface area contributed by atoms with E-state index >= 15 is 0 Å². The Labute approximate surface area is 184 Å². The Bertz CT molecular complexity index is 1300. The van der Waals surface area contributed by atoms with Gasteiger partial charge in [0.15, 0.2) is 0 Å². The molecular formula is C21H21N7O3S. The molecule has 0 unspecified atom stereocenters. The number of nitrogens with one attached hydrogen (secondary N) is 1. The summed E-state index contributed by atoms with van der Waals surface area (Å²) < 4.78 is 32.4. The second-order valence-electron chi connectivity index (χ2n) is 7.54. The largest absolute Gasteiger partial charge is 0.369 e. The molecule has 1 saturated heterocycles. The molecule has 10 nitrogen and oxygen atoms in total. The highest BCUT2D eigenvalue weighted by Crippen LogP contribution is 2.22. The minimum atomic E-state index is -3.70. The first-order chi connectivity index (χ1) is 15.6. The fourth-order valence-corrected chi connectivity index (χ4v) is 4.74. The number of anilines is 2. The van der Waals surface area contributed by atoms with Crippen LogP contribution in [0.4, 0.5) is 11.5 Å². The highest BCUT2D eigenvalue weighted by Gasteiger charge is 2.19. The highest BCUT2D eigenvalue weighted by atomic mass is 32.2. The lowest BCUT2D eigenvalue weighted by molar-refractivity contribution is 0.250. The van der Waals surface area contributed by atoms with Crippen LogP contribution in [0.2, 0.25) is 0 Å². The van der Waals surface area contributed by atoms with Crippen molar-refractivity contribution in [3.8, 4) is 0 Å². The monoisotopic (exact) mass is 451 g/mol. The number of benzene rings is 2. The van der Waals surface area contributed by atoms with Gasteiger partial charge in [-0.25, -0.2) is 23.0 Å². The first-order valence-corrected chi connectivity index (χ1v) is 11.6. The third-order valence-corrected chi connectivity index (χ3v) is 6.80. The van der Waals surface area contributed by atoms with Crippen molar-refractivity contribution < 1.29 is 13.0 Å². The molecule has 0 radical (unpaired) electrons. The molecule has 0 amide bonds. The quantitative estimate of drug-likeness (QED) is 0.470. The summed E-state index contributed by atoms with van der Waals surface area (Å²) in [5.74, 6) is 0.235. The summed E-state index contributed by atoms with van der Waals surface area (Å²) in [5.41, 5.74) is 3.70. The van der Waals surface area contributed by atoms with Crippen LogP contribution in [0, 0.1) is 0 Å². The zero-order valence-electron chi connectivity index (χ0n) is 17.1. The number of fused-ring (bicyclic) bond motifs is 1. The number of piperazine rings is 1. The minimum absolute atomic E-state index is 0.191. The van der Waals surface area contributed by atoms with Gasteiger partial charge in [0.05, 0.1) is 4.90 Å². The molecule has 0 atom stereocenters. The van der Waals surface area contributed by atoms with Gasteiger partial charge in [-0.2, -0.15) is 0 Å². The van der Waals surface area contributed by atoms with Crippen LogP contribution in [0.15, 0.2) is 70.6 Å². The Balaban J connectivity index is 1.19. The molecular weight excluding hydrogens is 430 g/mol. The topological polar surface area (TPSA) is 117 Å². The van der Waals surface area contributed by atoms with E-state index in [1.54, 1.807) is 12.1 Å². The van der Waals surface area contributed by atoms with Crippen molar-refractivity contribution in [1.82, 2.24) is 25.2 Å². The number of rotatable bonds is 6. The van der Waals surface area contributed by atoms with Gasteiger partial charge in [0.25, 0.3) is 10.0 Å². The number of nitrogens with zero attached hydrogens (tertiary/aromatic N) is 6. The van der Waals surface area contributed by atoms with Gasteiger partial charge in [-0.05, 0) is 58.3 Å². The fraction of sp³-hybridized carbons (Fsp3) is 0.238. The Morgan fingerprint density at radius 2 is 1.72 bits per heavy atom. The van der Waals surface area contributed by atoms with Crippen LogP contribution in [-0.4, -0.2) is 59.8 Å². The third kappa shape index (κ3) is 4.39. The number of sulfonamides is 1. The summed E-state index contributed by atoms with van der Waals surface area (Å²) in [6, 6.07) is 14.4. The molecule has 5 rings (SSSR count). The van der Waals surface area contributed by atoms with Crippen LogP contribution in [-0.2, 0) is 16.6 Å². The maximum absolute atomic E-state index is 12.6. The Morgan fingerprint density at radius 1 is 0.938 bits per heavy atom. The summed E-state index contributed by atoms with van der Waals surface area (Å²) in [6.45, 7) is 4.37. The van der Waals surface area contributed by atoms with Crippen molar-refractivity contribution in [2.45, 2.75) is 11.4 Å². The summed E-state index contributed by atoms with van der Waals surface area (Å²) in [5, 5.41) is 7.74. The maximum Gasteiger partial charge on any atom is 0.263 e. The van der Waals surface area contributed by atoms with Crippen LogP contribution >= 0.6 is 0 Å². The molecule has 32 heavy (non-hydrogen) atoms. The van der Waals surface area contributed by atoms with Crippen LogP contribution in [0.5, 0.6) is 0 Å². The van der Waals surface area contributed by atoms with Crippen molar-refractivity contribution >= 4 is 32.6 Å². The standard InChI is InChI=1S/C21H21N7O3S/c29-32(30,26-21-7-8-22-15-23-21)18-4-2-17(3-5-18)28-11-9-27(10-12-28)14-16-1-6-19-20(13-16)25-31-24-19/h1-8,13,15H,9-12,14H2,(H,22,23,26). The summed E-state index contributed by atoms with van der Waals surface area (Å²) >= 11 is 0. The Morgan fingerprint density at radius 3 is 2.47 bits per heavy atom. The summed E-state index contributed by atoms with van der Waals surface area (Å²) in [4.78, 5) is 12.5. The van der Waals surface area contributed by atoms with E-state index in [-0.39, 0.29) is 10.7 Å². The molecule has 164 valence electrons. The van der Waals surface area contributed by atoms with Gasteiger partial charge in [-0.15, -0.1) is 0 Å². The average Bonchev–Trinajstić information content (AvgIpc) is 3.28. The molecule has 11 heteroatoms. The number of hydrogen-bond acceptors (Lipinski definition) is 9. The van der Waals surface area contributed by atoms with Crippen molar-refractivity contribution in [3.05, 3.63) is 66.6 Å². The Kier molecular flexibility index (Phi) is 5.41. The molecule has 1 aliphatic heterocycles. The van der Waals surface area contributed by atoms with Gasteiger partial charge in [-0.3, -0.25) is 9.62 Å². The number of aromatic nitrogens is 4. The van der Waals surface area contributed by atoms with Crippen LogP contribution in [0.25, 0.3) is 11.0 Å². The molecule has 4 aromatic rings. The SMILES string of the molecule is O=S(=O)(Nc1ccncn1)c1ccc(N2CCN(Cc3ccc4nonc4c3)CC2)cc1.